The highest BCUT2D eigenvalue weighted by molar-refractivity contribution is 14.0. The molecule has 5 nitrogen and oxygen atoms in total. The third-order valence-corrected chi connectivity index (χ3v) is 4.19. The number of nitrogens with one attached hydrogen (secondary N) is 2. The number of aromatic nitrogens is 2. The lowest BCUT2D eigenvalue weighted by molar-refractivity contribution is 0.734. The van der Waals surface area contributed by atoms with Gasteiger partial charge in [0.15, 0.2) is 5.96 Å². The summed E-state index contributed by atoms with van der Waals surface area (Å²) in [7, 11) is 0. The van der Waals surface area contributed by atoms with Crippen LogP contribution in [0, 0.1) is 6.92 Å². The zero-order valence-electron chi connectivity index (χ0n) is 14.7. The summed E-state index contributed by atoms with van der Waals surface area (Å²) in [6, 6.07) is 8.40. The number of aliphatic imine (C=N–C) groups is 1. The number of guanidine groups is 1. The van der Waals surface area contributed by atoms with E-state index >= 15 is 0 Å². The van der Waals surface area contributed by atoms with Crippen molar-refractivity contribution in [3.8, 4) is 0 Å². The molecule has 0 saturated carbocycles. The van der Waals surface area contributed by atoms with Crippen molar-refractivity contribution < 1.29 is 0 Å². The summed E-state index contributed by atoms with van der Waals surface area (Å²) in [5.41, 5.74) is 10.6. The highest BCUT2D eigenvalue weighted by Crippen LogP contribution is 2.20. The van der Waals surface area contributed by atoms with Gasteiger partial charge >= 0.3 is 0 Å². The minimum atomic E-state index is 0. The van der Waals surface area contributed by atoms with Gasteiger partial charge in [0.1, 0.15) is 0 Å². The lowest BCUT2D eigenvalue weighted by Gasteiger charge is -2.10. The number of nitrogens with zero attached hydrogens (tertiary/aromatic N) is 2. The van der Waals surface area contributed by atoms with Gasteiger partial charge in [-0.25, -0.2) is 0 Å². The number of rotatable bonds is 7. The fourth-order valence-electron chi connectivity index (χ4n) is 2.41. The van der Waals surface area contributed by atoms with Gasteiger partial charge in [0, 0.05) is 17.9 Å². The van der Waals surface area contributed by atoms with Gasteiger partial charge in [-0.3, -0.25) is 10.1 Å². The van der Waals surface area contributed by atoms with Crippen LogP contribution in [-0.2, 0) is 6.42 Å². The second-order valence-corrected chi connectivity index (χ2v) is 5.95. The number of halogens is 1. The summed E-state index contributed by atoms with van der Waals surface area (Å²) < 4.78 is 0. The lowest BCUT2D eigenvalue weighted by atomic mass is 9.99. The molecule has 132 valence electrons. The maximum Gasteiger partial charge on any atom is 0.193 e. The SMILES string of the molecule is CCC(C)c1ccc(NC(N)=NCCCc2cn[nH]c2C)cc1.I. The van der Waals surface area contributed by atoms with Gasteiger partial charge in [-0.1, -0.05) is 26.0 Å². The number of anilines is 1. The molecule has 24 heavy (non-hydrogen) atoms. The second kappa shape index (κ2) is 10.3. The molecule has 0 saturated heterocycles. The smallest absolute Gasteiger partial charge is 0.193 e. The maximum absolute atomic E-state index is 5.94. The van der Waals surface area contributed by atoms with Crippen LogP contribution in [0.15, 0.2) is 35.5 Å². The molecule has 0 aliphatic heterocycles. The molecule has 0 aliphatic carbocycles. The van der Waals surface area contributed by atoms with Crippen LogP contribution in [0.5, 0.6) is 0 Å². The Morgan fingerprint density at radius 2 is 2.04 bits per heavy atom. The van der Waals surface area contributed by atoms with E-state index in [1.165, 1.54) is 11.1 Å². The highest BCUT2D eigenvalue weighted by atomic mass is 127. The van der Waals surface area contributed by atoms with Gasteiger partial charge in [0.05, 0.1) is 6.20 Å². The van der Waals surface area contributed by atoms with Crippen molar-refractivity contribution in [2.24, 2.45) is 10.7 Å². The van der Waals surface area contributed by atoms with Crippen LogP contribution in [0.3, 0.4) is 0 Å². The summed E-state index contributed by atoms with van der Waals surface area (Å²) in [5.74, 6) is 1.05. The molecule has 6 heteroatoms. The summed E-state index contributed by atoms with van der Waals surface area (Å²) in [6.45, 7) is 7.17. The van der Waals surface area contributed by atoms with Crippen molar-refractivity contribution in [1.29, 1.82) is 0 Å². The Bertz CT molecular complexity index is 633. The average Bonchev–Trinajstić information content (AvgIpc) is 2.96. The van der Waals surface area contributed by atoms with Crippen molar-refractivity contribution in [2.75, 3.05) is 11.9 Å². The minimum Gasteiger partial charge on any atom is -0.370 e. The van der Waals surface area contributed by atoms with Gasteiger partial charge in [-0.05, 0) is 55.4 Å². The van der Waals surface area contributed by atoms with E-state index in [9.17, 15) is 0 Å². The third kappa shape index (κ3) is 6.14. The van der Waals surface area contributed by atoms with E-state index in [0.717, 1.165) is 30.6 Å². The van der Waals surface area contributed by atoms with E-state index in [1.54, 1.807) is 0 Å². The molecule has 2 rings (SSSR count). The second-order valence-electron chi connectivity index (χ2n) is 5.95. The Labute approximate surface area is 161 Å². The van der Waals surface area contributed by atoms with Crippen molar-refractivity contribution in [3.05, 3.63) is 47.3 Å². The van der Waals surface area contributed by atoms with E-state index in [0.29, 0.717) is 18.4 Å². The van der Waals surface area contributed by atoms with E-state index in [-0.39, 0.29) is 24.0 Å². The van der Waals surface area contributed by atoms with Crippen LogP contribution in [0.25, 0.3) is 0 Å². The largest absolute Gasteiger partial charge is 0.370 e. The van der Waals surface area contributed by atoms with Gasteiger partial charge in [0.2, 0.25) is 0 Å². The van der Waals surface area contributed by atoms with Crippen LogP contribution >= 0.6 is 24.0 Å². The lowest BCUT2D eigenvalue weighted by Crippen LogP contribution is -2.22. The van der Waals surface area contributed by atoms with Gasteiger partial charge < -0.3 is 11.1 Å². The molecule has 1 aromatic carbocycles. The zero-order valence-corrected chi connectivity index (χ0v) is 17.0. The maximum atomic E-state index is 5.94. The monoisotopic (exact) mass is 441 g/mol. The van der Waals surface area contributed by atoms with Gasteiger partial charge in [-0.15, -0.1) is 24.0 Å². The van der Waals surface area contributed by atoms with Crippen LogP contribution in [-0.4, -0.2) is 22.7 Å². The molecule has 0 amide bonds. The number of aromatic amines is 1. The van der Waals surface area contributed by atoms with Crippen LogP contribution in [0.4, 0.5) is 5.69 Å². The molecule has 0 aliphatic rings. The first kappa shape index (κ1) is 20.5. The Hall–Kier alpha value is -1.57. The predicted molar refractivity (Wildman–Crippen MR) is 112 cm³/mol. The number of H-pyrrole nitrogens is 1. The van der Waals surface area contributed by atoms with E-state index in [1.807, 2.05) is 13.1 Å². The number of hydrogen-bond donors (Lipinski definition) is 3. The van der Waals surface area contributed by atoms with Crippen molar-refractivity contribution >= 4 is 35.6 Å². The van der Waals surface area contributed by atoms with Crippen molar-refractivity contribution in [3.63, 3.8) is 0 Å². The zero-order chi connectivity index (χ0) is 16.7. The molecular formula is C18H28IN5. The average molecular weight is 441 g/mol. The standard InChI is InChI=1S/C18H27N5.HI/c1-4-13(2)15-7-9-17(10-8-15)22-18(19)20-11-5-6-16-12-21-23-14(16)3;/h7-10,12-13H,4-6,11H2,1-3H3,(H,21,23)(H3,19,20,22);1H. The van der Waals surface area contributed by atoms with Crippen LogP contribution < -0.4 is 11.1 Å². The van der Waals surface area contributed by atoms with Crippen LogP contribution in [0.2, 0.25) is 0 Å². The summed E-state index contributed by atoms with van der Waals surface area (Å²) in [4.78, 5) is 4.37. The third-order valence-electron chi connectivity index (χ3n) is 4.19. The highest BCUT2D eigenvalue weighted by Gasteiger charge is 2.03. The normalized spacial score (nSPS) is 12.5. The molecule has 0 bridgehead atoms. The Kier molecular flexibility index (Phi) is 8.81. The van der Waals surface area contributed by atoms with Crippen molar-refractivity contribution in [1.82, 2.24) is 10.2 Å². The molecule has 1 unspecified atom stereocenters. The van der Waals surface area contributed by atoms with Crippen LogP contribution in [0.1, 0.15) is 49.4 Å². The molecule has 1 atom stereocenters. The fraction of sp³-hybridized carbons (Fsp3) is 0.444. The number of nitrogens with two attached hydrogens (primary N) is 1. The molecule has 4 N–H and O–H groups in total. The number of hydrogen-bond acceptors (Lipinski definition) is 2. The van der Waals surface area contributed by atoms with E-state index in [2.05, 4.69) is 58.6 Å². The Morgan fingerprint density at radius 3 is 2.62 bits per heavy atom. The van der Waals surface area contributed by atoms with Gasteiger partial charge in [-0.2, -0.15) is 5.10 Å². The first-order chi connectivity index (χ1) is 11.1. The van der Waals surface area contributed by atoms with Gasteiger partial charge in [0.25, 0.3) is 0 Å². The molecule has 0 radical (unpaired) electrons. The molecule has 1 heterocycles. The van der Waals surface area contributed by atoms with E-state index < -0.39 is 0 Å². The molecule has 1 aromatic heterocycles. The summed E-state index contributed by atoms with van der Waals surface area (Å²) >= 11 is 0. The number of benzene rings is 1. The molecule has 0 spiro atoms. The van der Waals surface area contributed by atoms with Crippen molar-refractivity contribution in [2.45, 2.75) is 46.0 Å². The first-order valence-corrected chi connectivity index (χ1v) is 8.26. The molecule has 0 fully saturated rings. The van der Waals surface area contributed by atoms with E-state index in [4.69, 9.17) is 5.73 Å². The quantitative estimate of drug-likeness (QED) is 0.261. The topological polar surface area (TPSA) is 79.1 Å². The molecule has 2 aromatic rings. The summed E-state index contributed by atoms with van der Waals surface area (Å²) in [5, 5.41) is 10.1. The summed E-state index contributed by atoms with van der Waals surface area (Å²) in [6.07, 6.45) is 4.93. The first-order valence-electron chi connectivity index (χ1n) is 8.26. The number of aryl methyl sites for hydroxylation is 2. The Balaban J connectivity index is 0.00000288. The predicted octanol–water partition coefficient (Wildman–Crippen LogP) is 4.21. The minimum absolute atomic E-state index is 0. The molecular weight excluding hydrogens is 413 g/mol. The fourth-order valence-corrected chi connectivity index (χ4v) is 2.41. The Morgan fingerprint density at radius 1 is 1.33 bits per heavy atom.